The van der Waals surface area contributed by atoms with E-state index in [1.807, 2.05) is 0 Å². The van der Waals surface area contributed by atoms with Gasteiger partial charge < -0.3 is 10.1 Å². The summed E-state index contributed by atoms with van der Waals surface area (Å²) in [6.45, 7) is 12.5. The number of hydrogen-bond donors (Lipinski definition) is 1. The molecule has 0 aromatic rings. The summed E-state index contributed by atoms with van der Waals surface area (Å²) in [6, 6.07) is -0.578. The average Bonchev–Trinajstić information content (AvgIpc) is 2.91. The number of ether oxygens (including phenoxy) is 1. The molecular formula is C34H57NO3S. The Morgan fingerprint density at radius 2 is 1.28 bits per heavy atom. The first-order valence-electron chi connectivity index (χ1n) is 15.2. The molecule has 0 spiro atoms. The average molecular weight is 560 g/mol. The SMILES string of the molecule is CCC=CCC=CCC=CCC=CCC=CCCCCSC(CC)(CC)C(=O)NC(CC(C)C)C(=O)OCC. The lowest BCUT2D eigenvalue weighted by molar-refractivity contribution is -0.148. The maximum absolute atomic E-state index is 13.3. The molecule has 4 nitrogen and oxygen atoms in total. The molecule has 1 unspecified atom stereocenters. The van der Waals surface area contributed by atoms with E-state index in [2.05, 4.69) is 101 Å². The number of thioether (sulfide) groups is 1. The lowest BCUT2D eigenvalue weighted by Crippen LogP contribution is -2.51. The molecule has 0 aliphatic heterocycles. The van der Waals surface area contributed by atoms with Crippen LogP contribution >= 0.6 is 11.8 Å². The number of carbonyl (C=O) groups is 2. The minimum Gasteiger partial charge on any atom is -0.464 e. The van der Waals surface area contributed by atoms with Gasteiger partial charge in [-0.05, 0) is 89.2 Å². The van der Waals surface area contributed by atoms with Crippen molar-refractivity contribution in [1.29, 1.82) is 0 Å². The number of amides is 1. The van der Waals surface area contributed by atoms with Crippen LogP contribution in [-0.4, -0.2) is 35.0 Å². The van der Waals surface area contributed by atoms with E-state index in [0.717, 1.165) is 70.0 Å². The number of unbranched alkanes of at least 4 members (excludes halogenated alkanes) is 2. The Kier molecular flexibility index (Phi) is 23.7. The van der Waals surface area contributed by atoms with Gasteiger partial charge in [-0.15, -0.1) is 11.8 Å². The summed E-state index contributed by atoms with van der Waals surface area (Å²) < 4.78 is 4.71. The van der Waals surface area contributed by atoms with Gasteiger partial charge in [-0.25, -0.2) is 4.79 Å². The van der Waals surface area contributed by atoms with Crippen molar-refractivity contribution in [3.8, 4) is 0 Å². The summed E-state index contributed by atoms with van der Waals surface area (Å²) in [5.41, 5.74) is 0. The van der Waals surface area contributed by atoms with Crippen molar-refractivity contribution in [2.45, 2.75) is 123 Å². The summed E-state index contributed by atoms with van der Waals surface area (Å²) in [5.74, 6) is 0.867. The molecule has 0 aromatic heterocycles. The smallest absolute Gasteiger partial charge is 0.328 e. The molecule has 0 fully saturated rings. The molecule has 5 heteroatoms. The molecule has 0 bridgehead atoms. The number of nitrogens with one attached hydrogen (secondary N) is 1. The van der Waals surface area contributed by atoms with Crippen LogP contribution in [0.3, 0.4) is 0 Å². The second kappa shape index (κ2) is 25.0. The van der Waals surface area contributed by atoms with Crippen molar-refractivity contribution < 1.29 is 14.3 Å². The number of esters is 1. The third kappa shape index (κ3) is 18.8. The van der Waals surface area contributed by atoms with E-state index in [4.69, 9.17) is 4.74 Å². The Bertz CT molecular complexity index is 775. The molecule has 0 heterocycles. The van der Waals surface area contributed by atoms with E-state index >= 15 is 0 Å². The molecule has 0 radical (unpaired) electrons. The zero-order chi connectivity index (χ0) is 29.2. The highest BCUT2D eigenvalue weighted by Gasteiger charge is 2.37. The van der Waals surface area contributed by atoms with Crippen LogP contribution in [0.2, 0.25) is 0 Å². The third-order valence-corrected chi connectivity index (χ3v) is 8.25. The molecule has 0 aromatic carbocycles. The Morgan fingerprint density at radius 1 is 0.769 bits per heavy atom. The lowest BCUT2D eigenvalue weighted by atomic mass is 9.98. The van der Waals surface area contributed by atoms with E-state index in [9.17, 15) is 9.59 Å². The van der Waals surface area contributed by atoms with Crippen LogP contribution in [0.15, 0.2) is 60.8 Å². The van der Waals surface area contributed by atoms with E-state index in [1.165, 1.54) is 0 Å². The Balaban J connectivity index is 4.30. The fourth-order valence-corrected chi connectivity index (χ4v) is 5.40. The predicted molar refractivity (Wildman–Crippen MR) is 172 cm³/mol. The van der Waals surface area contributed by atoms with Crippen LogP contribution in [0.25, 0.3) is 0 Å². The molecule has 1 atom stereocenters. The second-order valence-electron chi connectivity index (χ2n) is 10.2. The molecule has 222 valence electrons. The van der Waals surface area contributed by atoms with Crippen molar-refractivity contribution in [3.05, 3.63) is 60.8 Å². The molecule has 0 saturated heterocycles. The molecule has 39 heavy (non-hydrogen) atoms. The number of carbonyl (C=O) groups excluding carboxylic acids is 2. The largest absolute Gasteiger partial charge is 0.464 e. The van der Waals surface area contributed by atoms with Crippen LogP contribution in [0.1, 0.15) is 112 Å². The molecular weight excluding hydrogens is 502 g/mol. The molecule has 0 rings (SSSR count). The Morgan fingerprint density at radius 3 is 1.74 bits per heavy atom. The van der Waals surface area contributed by atoms with E-state index in [-0.39, 0.29) is 11.9 Å². The molecule has 1 N–H and O–H groups in total. The third-order valence-electron chi connectivity index (χ3n) is 6.44. The Labute approximate surface area is 244 Å². The minimum atomic E-state index is -0.578. The fourth-order valence-electron chi connectivity index (χ4n) is 4.06. The van der Waals surface area contributed by atoms with Gasteiger partial charge in [0.05, 0.1) is 11.4 Å². The van der Waals surface area contributed by atoms with Crippen LogP contribution < -0.4 is 5.32 Å². The van der Waals surface area contributed by atoms with E-state index in [1.54, 1.807) is 18.7 Å². The van der Waals surface area contributed by atoms with Gasteiger partial charge in [0.25, 0.3) is 0 Å². The zero-order valence-electron chi connectivity index (χ0n) is 25.8. The van der Waals surface area contributed by atoms with Crippen LogP contribution in [0.4, 0.5) is 0 Å². The monoisotopic (exact) mass is 559 g/mol. The van der Waals surface area contributed by atoms with Gasteiger partial charge in [0, 0.05) is 0 Å². The van der Waals surface area contributed by atoms with Crippen molar-refractivity contribution in [2.24, 2.45) is 5.92 Å². The van der Waals surface area contributed by atoms with Crippen molar-refractivity contribution in [2.75, 3.05) is 12.4 Å². The highest BCUT2D eigenvalue weighted by Crippen LogP contribution is 2.34. The van der Waals surface area contributed by atoms with Gasteiger partial charge in [-0.1, -0.05) is 95.4 Å². The van der Waals surface area contributed by atoms with E-state index in [0.29, 0.717) is 18.9 Å². The molecule has 0 aliphatic carbocycles. The predicted octanol–water partition coefficient (Wildman–Crippen LogP) is 9.29. The van der Waals surface area contributed by atoms with Crippen molar-refractivity contribution in [1.82, 2.24) is 5.32 Å². The van der Waals surface area contributed by atoms with Gasteiger partial charge in [0.2, 0.25) is 5.91 Å². The standard InChI is InChI=1S/C34H57NO3S/c1-7-11-12-13-14-15-16-17-18-19-20-21-22-23-24-25-26-27-28-39-34(8-2,9-3)33(37)35-31(29-30(5)6)32(36)38-10-4/h11-12,14-15,17-18,20-21,23-24,30-31H,7-10,13,16,19,22,25-29H2,1-6H3,(H,35,37). The molecule has 1 amide bonds. The maximum atomic E-state index is 13.3. The molecule has 0 aliphatic rings. The highest BCUT2D eigenvalue weighted by molar-refractivity contribution is 8.01. The van der Waals surface area contributed by atoms with Crippen LogP contribution in [0.5, 0.6) is 0 Å². The van der Waals surface area contributed by atoms with Gasteiger partial charge in [-0.2, -0.15) is 0 Å². The maximum Gasteiger partial charge on any atom is 0.328 e. The normalized spacial score (nSPS) is 13.6. The summed E-state index contributed by atoms with van der Waals surface area (Å²) in [4.78, 5) is 25.7. The van der Waals surface area contributed by atoms with Crippen molar-refractivity contribution in [3.63, 3.8) is 0 Å². The highest BCUT2D eigenvalue weighted by atomic mass is 32.2. The van der Waals surface area contributed by atoms with Gasteiger partial charge >= 0.3 is 5.97 Å². The van der Waals surface area contributed by atoms with Crippen molar-refractivity contribution >= 4 is 23.6 Å². The van der Waals surface area contributed by atoms with Gasteiger partial charge in [0.1, 0.15) is 6.04 Å². The first-order valence-corrected chi connectivity index (χ1v) is 16.2. The van der Waals surface area contributed by atoms with Gasteiger partial charge in [-0.3, -0.25) is 4.79 Å². The summed E-state index contributed by atoms with van der Waals surface area (Å²) in [6.07, 6.45) is 32.6. The summed E-state index contributed by atoms with van der Waals surface area (Å²) >= 11 is 1.74. The second-order valence-corrected chi connectivity index (χ2v) is 11.6. The quantitative estimate of drug-likeness (QED) is 0.0770. The first-order chi connectivity index (χ1) is 18.9. The zero-order valence-corrected chi connectivity index (χ0v) is 26.6. The van der Waals surface area contributed by atoms with Crippen LogP contribution in [-0.2, 0) is 14.3 Å². The fraction of sp³-hybridized carbons (Fsp3) is 0.647. The lowest BCUT2D eigenvalue weighted by Gasteiger charge is -2.32. The summed E-state index contributed by atoms with van der Waals surface area (Å²) in [7, 11) is 0. The topological polar surface area (TPSA) is 55.4 Å². The first kappa shape index (κ1) is 37.0. The molecule has 0 saturated carbocycles. The van der Waals surface area contributed by atoms with Gasteiger partial charge in [0.15, 0.2) is 0 Å². The van der Waals surface area contributed by atoms with Crippen LogP contribution in [0, 0.1) is 5.92 Å². The summed E-state index contributed by atoms with van der Waals surface area (Å²) in [5, 5.41) is 3.03. The number of allylic oxidation sites excluding steroid dienone is 10. The number of hydrogen-bond acceptors (Lipinski definition) is 4. The van der Waals surface area contributed by atoms with E-state index < -0.39 is 10.8 Å². The minimum absolute atomic E-state index is 0.0333. The number of rotatable bonds is 23. The Hall–Kier alpha value is -2.01.